The molecule has 0 aliphatic heterocycles. The molecule has 0 N–H and O–H groups in total. The third kappa shape index (κ3) is 3.07. The first-order valence-electron chi connectivity index (χ1n) is 5.26. The summed E-state index contributed by atoms with van der Waals surface area (Å²) in [5.74, 6) is 0. The van der Waals surface area contributed by atoms with E-state index in [1.54, 1.807) is 0 Å². The van der Waals surface area contributed by atoms with Gasteiger partial charge in [-0.2, -0.15) is 0 Å². The van der Waals surface area contributed by atoms with Gasteiger partial charge in [0.05, 0.1) is 0 Å². The molecule has 0 aromatic heterocycles. The van der Waals surface area contributed by atoms with Crippen LogP contribution in [-0.2, 0) is 6.16 Å². The van der Waals surface area contributed by atoms with Crippen molar-refractivity contribution in [2.24, 2.45) is 0 Å². The number of benzene rings is 2. The second kappa shape index (κ2) is 5.48. The van der Waals surface area contributed by atoms with Crippen LogP contribution in [0.4, 0.5) is 0 Å². The molecule has 1 unspecified atom stereocenters. The maximum absolute atomic E-state index is 5.87. The fourth-order valence-corrected chi connectivity index (χ4v) is 3.39. The van der Waals surface area contributed by atoms with E-state index < -0.39 is 0 Å². The van der Waals surface area contributed by atoms with Crippen LogP contribution in [0.25, 0.3) is 0 Å². The van der Waals surface area contributed by atoms with Crippen LogP contribution in [0.2, 0.25) is 5.02 Å². The van der Waals surface area contributed by atoms with E-state index in [1.807, 2.05) is 12.1 Å². The first kappa shape index (κ1) is 11.6. The van der Waals surface area contributed by atoms with Crippen molar-refractivity contribution in [3.63, 3.8) is 0 Å². The third-order valence-corrected chi connectivity index (χ3v) is 4.80. The third-order valence-electron chi connectivity index (χ3n) is 2.53. The Kier molecular flexibility index (Phi) is 3.98. The van der Waals surface area contributed by atoms with Crippen LogP contribution in [0.15, 0.2) is 54.6 Å². The van der Waals surface area contributed by atoms with Gasteiger partial charge in [0.15, 0.2) is 0 Å². The summed E-state index contributed by atoms with van der Waals surface area (Å²) in [4.78, 5) is 0. The van der Waals surface area contributed by atoms with Crippen molar-refractivity contribution in [3.05, 3.63) is 65.2 Å². The van der Waals surface area contributed by atoms with Gasteiger partial charge in [-0.05, 0) is 35.8 Å². The summed E-state index contributed by atoms with van der Waals surface area (Å²) in [7, 11) is -0.105. The zero-order valence-corrected chi connectivity index (χ0v) is 10.9. The van der Waals surface area contributed by atoms with E-state index in [2.05, 4.69) is 49.1 Å². The molecule has 0 bridgehead atoms. The Morgan fingerprint density at radius 3 is 2.19 bits per heavy atom. The number of hydrogen-bond acceptors (Lipinski definition) is 0. The second-order valence-electron chi connectivity index (χ2n) is 3.82. The minimum atomic E-state index is -0.105. The van der Waals surface area contributed by atoms with E-state index in [4.69, 9.17) is 11.6 Å². The molecule has 2 aromatic rings. The lowest BCUT2D eigenvalue weighted by atomic mass is 10.2. The lowest BCUT2D eigenvalue weighted by molar-refractivity contribution is 1.40. The molecule has 0 spiro atoms. The van der Waals surface area contributed by atoms with Crippen LogP contribution in [0.5, 0.6) is 0 Å². The predicted molar refractivity (Wildman–Crippen MR) is 74.1 cm³/mol. The van der Waals surface area contributed by atoms with Gasteiger partial charge in [0.25, 0.3) is 0 Å². The summed E-state index contributed by atoms with van der Waals surface area (Å²) in [6.45, 7) is 2.32. The summed E-state index contributed by atoms with van der Waals surface area (Å²) >= 11 is 5.87. The minimum absolute atomic E-state index is 0.105. The van der Waals surface area contributed by atoms with Gasteiger partial charge in [-0.1, -0.05) is 62.0 Å². The van der Waals surface area contributed by atoms with Gasteiger partial charge in [-0.15, -0.1) is 0 Å². The lowest BCUT2D eigenvalue weighted by Crippen LogP contribution is -2.00. The molecule has 0 amide bonds. The highest BCUT2D eigenvalue weighted by Crippen LogP contribution is 2.34. The number of halogens is 1. The first-order valence-corrected chi connectivity index (χ1v) is 7.61. The van der Waals surface area contributed by atoms with Gasteiger partial charge in [-0.25, -0.2) is 0 Å². The molecule has 0 aliphatic rings. The Balaban J connectivity index is 2.08. The molecule has 0 aliphatic carbocycles. The zero-order chi connectivity index (χ0) is 11.4. The Morgan fingerprint density at radius 1 is 0.938 bits per heavy atom. The molecule has 2 rings (SSSR count). The van der Waals surface area contributed by atoms with E-state index in [9.17, 15) is 0 Å². The Morgan fingerprint density at radius 2 is 1.56 bits per heavy atom. The molecule has 0 nitrogen and oxygen atoms in total. The molecule has 1 atom stereocenters. The molecule has 82 valence electrons. The summed E-state index contributed by atoms with van der Waals surface area (Å²) in [5.41, 5.74) is 1.36. The molecule has 2 aromatic carbocycles. The maximum Gasteiger partial charge on any atom is 0.0406 e. The number of hydrogen-bond donors (Lipinski definition) is 0. The van der Waals surface area contributed by atoms with Crippen molar-refractivity contribution in [2.45, 2.75) is 6.16 Å². The molecule has 0 saturated heterocycles. The van der Waals surface area contributed by atoms with E-state index in [0.29, 0.717) is 0 Å². The van der Waals surface area contributed by atoms with E-state index >= 15 is 0 Å². The van der Waals surface area contributed by atoms with Gasteiger partial charge in [0.2, 0.25) is 0 Å². The smallest absolute Gasteiger partial charge is 0.0406 e. The van der Waals surface area contributed by atoms with Gasteiger partial charge in [0.1, 0.15) is 0 Å². The molecule has 16 heavy (non-hydrogen) atoms. The van der Waals surface area contributed by atoms with Gasteiger partial charge in [0, 0.05) is 5.02 Å². The van der Waals surface area contributed by atoms with Crippen LogP contribution in [0, 0.1) is 0 Å². The molecule has 2 heteroatoms. The second-order valence-corrected chi connectivity index (χ2v) is 6.48. The normalized spacial score (nSPS) is 12.4. The molecule has 0 radical (unpaired) electrons. The first-order chi connectivity index (χ1) is 7.75. The highest BCUT2D eigenvalue weighted by atomic mass is 35.5. The van der Waals surface area contributed by atoms with Crippen molar-refractivity contribution in [2.75, 3.05) is 6.66 Å². The van der Waals surface area contributed by atoms with Crippen molar-refractivity contribution < 1.29 is 0 Å². The lowest BCUT2D eigenvalue weighted by Gasteiger charge is -2.12. The zero-order valence-electron chi connectivity index (χ0n) is 9.23. The Bertz CT molecular complexity index is 436. The van der Waals surface area contributed by atoms with Gasteiger partial charge in [-0.3, -0.25) is 0 Å². The average Bonchev–Trinajstić information content (AvgIpc) is 2.33. The van der Waals surface area contributed by atoms with Crippen molar-refractivity contribution >= 4 is 24.8 Å². The van der Waals surface area contributed by atoms with Crippen LogP contribution in [0.1, 0.15) is 5.56 Å². The summed E-state index contributed by atoms with van der Waals surface area (Å²) in [5, 5.41) is 2.26. The monoisotopic (exact) mass is 248 g/mol. The minimum Gasteiger partial charge on any atom is -0.0843 e. The molecule has 0 fully saturated rings. The van der Waals surface area contributed by atoms with Gasteiger partial charge >= 0.3 is 0 Å². The fraction of sp³-hybridized carbons (Fsp3) is 0.143. The number of rotatable bonds is 3. The van der Waals surface area contributed by atoms with E-state index in [0.717, 1.165) is 11.2 Å². The maximum atomic E-state index is 5.87. The van der Waals surface area contributed by atoms with E-state index in [1.165, 1.54) is 10.9 Å². The van der Waals surface area contributed by atoms with Crippen molar-refractivity contribution in [1.29, 1.82) is 0 Å². The van der Waals surface area contributed by atoms with Gasteiger partial charge < -0.3 is 0 Å². The molecular weight excluding hydrogens is 235 g/mol. The largest absolute Gasteiger partial charge is 0.0843 e. The summed E-state index contributed by atoms with van der Waals surface area (Å²) in [6, 6.07) is 18.9. The van der Waals surface area contributed by atoms with Crippen LogP contribution >= 0.6 is 19.5 Å². The van der Waals surface area contributed by atoms with Crippen LogP contribution < -0.4 is 5.30 Å². The average molecular weight is 249 g/mol. The highest BCUT2D eigenvalue weighted by molar-refractivity contribution is 7.64. The van der Waals surface area contributed by atoms with Crippen molar-refractivity contribution in [3.8, 4) is 0 Å². The fourth-order valence-electron chi connectivity index (χ4n) is 1.64. The standard InChI is InChI=1S/C14H14ClP/c1-16(14-5-3-2-4-6-14)11-12-7-9-13(15)10-8-12/h2-10H,11H2,1H3. The van der Waals surface area contributed by atoms with Crippen molar-refractivity contribution in [1.82, 2.24) is 0 Å². The summed E-state index contributed by atoms with van der Waals surface area (Å²) < 4.78 is 0. The van der Waals surface area contributed by atoms with Crippen LogP contribution in [-0.4, -0.2) is 6.66 Å². The Labute approximate surface area is 103 Å². The Hall–Kier alpha value is -0.840. The summed E-state index contributed by atoms with van der Waals surface area (Å²) in [6.07, 6.45) is 1.12. The SMILES string of the molecule is CP(Cc1ccc(Cl)cc1)c1ccccc1. The predicted octanol–water partition coefficient (Wildman–Crippen LogP) is 4.28. The quantitative estimate of drug-likeness (QED) is 0.712. The highest BCUT2D eigenvalue weighted by Gasteiger charge is 2.04. The van der Waals surface area contributed by atoms with E-state index in [-0.39, 0.29) is 7.92 Å². The van der Waals surface area contributed by atoms with Crippen LogP contribution in [0.3, 0.4) is 0 Å². The topological polar surface area (TPSA) is 0 Å². The molecular formula is C14H14ClP. The molecule has 0 heterocycles. The molecule has 0 saturated carbocycles.